The average molecular weight is 271 g/mol. The number of aryl methyl sites for hydroxylation is 1. The zero-order valence-electron chi connectivity index (χ0n) is 7.92. The molecule has 0 bridgehead atoms. The summed E-state index contributed by atoms with van der Waals surface area (Å²) in [5.74, 6) is 0.541. The minimum absolute atomic E-state index is 0.302. The molecule has 0 saturated carbocycles. The zero-order valence-corrected chi connectivity index (χ0v) is 9.51. The molecule has 0 fully saturated rings. The molecule has 2 N–H and O–H groups in total. The predicted molar refractivity (Wildman–Crippen MR) is 58.7 cm³/mol. The molecular weight excluding hydrogens is 263 g/mol. The van der Waals surface area contributed by atoms with Gasteiger partial charge in [-0.15, -0.1) is 0 Å². The molecule has 5 heteroatoms. The maximum absolute atomic E-state index is 13.2. The van der Waals surface area contributed by atoms with Crippen LogP contribution >= 0.6 is 15.9 Å². The number of anilines is 1. The van der Waals surface area contributed by atoms with E-state index in [1.807, 2.05) is 0 Å². The highest BCUT2D eigenvalue weighted by molar-refractivity contribution is 9.10. The zero-order chi connectivity index (χ0) is 11.0. The third kappa shape index (κ3) is 1.87. The minimum Gasteiger partial charge on any atom is -0.381 e. The van der Waals surface area contributed by atoms with Crippen LogP contribution in [0.1, 0.15) is 5.56 Å². The Morgan fingerprint density at radius 1 is 1.40 bits per heavy atom. The van der Waals surface area contributed by atoms with Crippen molar-refractivity contribution in [3.8, 4) is 11.3 Å². The highest BCUT2D eigenvalue weighted by atomic mass is 79.9. The maximum Gasteiger partial charge on any atom is 0.169 e. The quantitative estimate of drug-likeness (QED) is 0.866. The SMILES string of the molecule is Cc1cc(F)c(Br)cc1-c1cc(N)no1. The molecule has 0 unspecified atom stereocenters. The van der Waals surface area contributed by atoms with Gasteiger partial charge in [0.05, 0.1) is 4.47 Å². The Kier molecular flexibility index (Phi) is 2.48. The third-order valence-corrected chi connectivity index (χ3v) is 2.67. The van der Waals surface area contributed by atoms with Crippen LogP contribution in [0, 0.1) is 12.7 Å². The molecule has 0 aliphatic rings. The van der Waals surface area contributed by atoms with Gasteiger partial charge in [-0.1, -0.05) is 5.16 Å². The molecule has 3 nitrogen and oxygen atoms in total. The van der Waals surface area contributed by atoms with Crippen molar-refractivity contribution in [3.63, 3.8) is 0 Å². The first-order valence-corrected chi connectivity index (χ1v) is 5.05. The lowest BCUT2D eigenvalue weighted by molar-refractivity contribution is 0.435. The Balaban J connectivity index is 2.58. The van der Waals surface area contributed by atoms with Gasteiger partial charge in [0.25, 0.3) is 0 Å². The van der Waals surface area contributed by atoms with E-state index in [9.17, 15) is 4.39 Å². The van der Waals surface area contributed by atoms with Gasteiger partial charge in [0.2, 0.25) is 0 Å². The lowest BCUT2D eigenvalue weighted by atomic mass is 10.1. The molecular formula is C10H8BrFN2O. The number of halogens is 2. The summed E-state index contributed by atoms with van der Waals surface area (Å²) in [5, 5.41) is 3.58. The summed E-state index contributed by atoms with van der Waals surface area (Å²) in [4.78, 5) is 0. The van der Waals surface area contributed by atoms with E-state index < -0.39 is 0 Å². The Morgan fingerprint density at radius 3 is 2.73 bits per heavy atom. The summed E-state index contributed by atoms with van der Waals surface area (Å²) < 4.78 is 18.6. The van der Waals surface area contributed by atoms with Crippen LogP contribution in [-0.4, -0.2) is 5.16 Å². The van der Waals surface area contributed by atoms with Gasteiger partial charge < -0.3 is 10.3 Å². The molecule has 1 aromatic heterocycles. The highest BCUT2D eigenvalue weighted by Crippen LogP contribution is 2.29. The molecule has 0 radical (unpaired) electrons. The number of benzene rings is 1. The van der Waals surface area contributed by atoms with Crippen LogP contribution in [0.4, 0.5) is 10.2 Å². The van der Waals surface area contributed by atoms with Crippen LogP contribution < -0.4 is 5.73 Å². The minimum atomic E-state index is -0.302. The Labute approximate surface area is 94.2 Å². The monoisotopic (exact) mass is 270 g/mol. The lowest BCUT2D eigenvalue weighted by Crippen LogP contribution is -1.86. The number of nitrogen functional groups attached to an aromatic ring is 1. The van der Waals surface area contributed by atoms with E-state index in [1.165, 1.54) is 6.07 Å². The summed E-state index contributed by atoms with van der Waals surface area (Å²) in [6, 6.07) is 4.68. The molecule has 1 heterocycles. The van der Waals surface area contributed by atoms with E-state index in [1.54, 1.807) is 19.1 Å². The van der Waals surface area contributed by atoms with Crippen molar-refractivity contribution < 1.29 is 8.91 Å². The standard InChI is InChI=1S/C10H8BrFN2O/c1-5-2-8(12)7(11)3-6(5)9-4-10(13)14-15-9/h2-4H,1H3,(H2,13,14). The van der Waals surface area contributed by atoms with Crippen LogP contribution in [0.5, 0.6) is 0 Å². The van der Waals surface area contributed by atoms with Gasteiger partial charge in [0.15, 0.2) is 11.6 Å². The molecule has 78 valence electrons. The number of hydrogen-bond donors (Lipinski definition) is 1. The summed E-state index contributed by atoms with van der Waals surface area (Å²) in [7, 11) is 0. The molecule has 2 rings (SSSR count). The van der Waals surface area contributed by atoms with Gasteiger partial charge in [-0.3, -0.25) is 0 Å². The van der Waals surface area contributed by atoms with E-state index >= 15 is 0 Å². The maximum atomic E-state index is 13.2. The lowest BCUT2D eigenvalue weighted by Gasteiger charge is -2.03. The van der Waals surface area contributed by atoms with Crippen LogP contribution in [0.3, 0.4) is 0 Å². The normalized spacial score (nSPS) is 10.6. The molecule has 15 heavy (non-hydrogen) atoms. The predicted octanol–water partition coefficient (Wildman–Crippen LogP) is 3.13. The fourth-order valence-electron chi connectivity index (χ4n) is 1.33. The van der Waals surface area contributed by atoms with Crippen molar-refractivity contribution in [1.82, 2.24) is 5.16 Å². The Morgan fingerprint density at radius 2 is 2.13 bits per heavy atom. The van der Waals surface area contributed by atoms with Gasteiger partial charge >= 0.3 is 0 Å². The first-order valence-electron chi connectivity index (χ1n) is 4.26. The molecule has 0 amide bonds. The second kappa shape index (κ2) is 3.66. The fourth-order valence-corrected chi connectivity index (χ4v) is 1.67. The number of nitrogens with zero attached hydrogens (tertiary/aromatic N) is 1. The number of rotatable bonds is 1. The van der Waals surface area contributed by atoms with Crippen molar-refractivity contribution in [3.05, 3.63) is 34.1 Å². The second-order valence-electron chi connectivity index (χ2n) is 3.20. The van der Waals surface area contributed by atoms with Gasteiger partial charge in [-0.25, -0.2) is 4.39 Å². The van der Waals surface area contributed by atoms with Gasteiger partial charge in [-0.2, -0.15) is 0 Å². The molecule has 0 aliphatic heterocycles. The topological polar surface area (TPSA) is 52.0 Å². The molecule has 1 aromatic carbocycles. The largest absolute Gasteiger partial charge is 0.381 e. The average Bonchev–Trinajstić information content (AvgIpc) is 2.58. The van der Waals surface area contributed by atoms with Crippen LogP contribution in [-0.2, 0) is 0 Å². The van der Waals surface area contributed by atoms with Crippen molar-refractivity contribution in [2.75, 3.05) is 5.73 Å². The third-order valence-electron chi connectivity index (χ3n) is 2.06. The van der Waals surface area contributed by atoms with E-state index in [2.05, 4.69) is 21.1 Å². The van der Waals surface area contributed by atoms with E-state index in [0.29, 0.717) is 16.1 Å². The summed E-state index contributed by atoms with van der Waals surface area (Å²) in [6.07, 6.45) is 0. The number of hydrogen-bond acceptors (Lipinski definition) is 3. The molecule has 0 spiro atoms. The van der Waals surface area contributed by atoms with Crippen molar-refractivity contribution in [2.45, 2.75) is 6.92 Å². The van der Waals surface area contributed by atoms with Crippen LogP contribution in [0.15, 0.2) is 27.2 Å². The van der Waals surface area contributed by atoms with Gasteiger partial charge in [0.1, 0.15) is 5.82 Å². The van der Waals surface area contributed by atoms with E-state index in [-0.39, 0.29) is 5.82 Å². The van der Waals surface area contributed by atoms with E-state index in [4.69, 9.17) is 10.3 Å². The van der Waals surface area contributed by atoms with Crippen molar-refractivity contribution in [2.24, 2.45) is 0 Å². The highest BCUT2D eigenvalue weighted by Gasteiger charge is 2.11. The first-order chi connectivity index (χ1) is 7.08. The number of nitrogens with two attached hydrogens (primary N) is 1. The van der Waals surface area contributed by atoms with Crippen LogP contribution in [0.2, 0.25) is 0 Å². The molecule has 2 aromatic rings. The Bertz CT molecular complexity index is 510. The van der Waals surface area contributed by atoms with Crippen molar-refractivity contribution in [1.29, 1.82) is 0 Å². The Hall–Kier alpha value is -1.36. The van der Waals surface area contributed by atoms with Gasteiger partial charge in [-0.05, 0) is 40.5 Å². The fraction of sp³-hybridized carbons (Fsp3) is 0.100. The second-order valence-corrected chi connectivity index (χ2v) is 4.05. The molecule has 0 aliphatic carbocycles. The number of aromatic nitrogens is 1. The summed E-state index contributed by atoms with van der Waals surface area (Å²) in [6.45, 7) is 1.80. The van der Waals surface area contributed by atoms with Crippen molar-refractivity contribution >= 4 is 21.7 Å². The smallest absolute Gasteiger partial charge is 0.169 e. The molecule has 0 atom stereocenters. The molecule has 0 saturated heterocycles. The summed E-state index contributed by atoms with van der Waals surface area (Å²) in [5.41, 5.74) is 6.98. The summed E-state index contributed by atoms with van der Waals surface area (Å²) >= 11 is 3.12. The first kappa shape index (κ1) is 10.2. The van der Waals surface area contributed by atoms with Crippen LogP contribution in [0.25, 0.3) is 11.3 Å². The van der Waals surface area contributed by atoms with Gasteiger partial charge in [0, 0.05) is 11.6 Å². The van der Waals surface area contributed by atoms with E-state index in [0.717, 1.165) is 11.1 Å².